The average Bonchev–Trinajstić information content (AvgIpc) is 2.66. The molecular formula is C16H21F2N3. The van der Waals surface area contributed by atoms with Gasteiger partial charge in [-0.25, -0.2) is 8.78 Å². The maximum atomic E-state index is 13.6. The molecule has 1 unspecified atom stereocenters. The molecule has 5 heteroatoms. The summed E-state index contributed by atoms with van der Waals surface area (Å²) in [5.41, 5.74) is 3.35. The molecule has 0 bridgehead atoms. The molecule has 1 atom stereocenters. The summed E-state index contributed by atoms with van der Waals surface area (Å²) in [6, 6.07) is 3.94. The molecule has 0 aliphatic heterocycles. The fourth-order valence-electron chi connectivity index (χ4n) is 2.46. The molecule has 0 fully saturated rings. The van der Waals surface area contributed by atoms with E-state index in [1.165, 1.54) is 18.2 Å². The van der Waals surface area contributed by atoms with Crippen LogP contribution in [0.15, 0.2) is 18.2 Å². The monoisotopic (exact) mass is 293 g/mol. The summed E-state index contributed by atoms with van der Waals surface area (Å²) in [5, 5.41) is 7.67. The maximum absolute atomic E-state index is 13.6. The van der Waals surface area contributed by atoms with E-state index in [2.05, 4.69) is 10.4 Å². The lowest BCUT2D eigenvalue weighted by atomic mass is 10.1. The van der Waals surface area contributed by atoms with Crippen molar-refractivity contribution in [2.45, 2.75) is 39.8 Å². The van der Waals surface area contributed by atoms with E-state index >= 15 is 0 Å². The lowest BCUT2D eigenvalue weighted by Crippen LogP contribution is -2.28. The quantitative estimate of drug-likeness (QED) is 0.918. The van der Waals surface area contributed by atoms with Crippen molar-refractivity contribution in [1.82, 2.24) is 15.1 Å². The van der Waals surface area contributed by atoms with Crippen molar-refractivity contribution in [3.63, 3.8) is 0 Å². The van der Waals surface area contributed by atoms with E-state index in [4.69, 9.17) is 0 Å². The number of nitrogens with one attached hydrogen (secondary N) is 1. The lowest BCUT2D eigenvalue weighted by molar-refractivity contribution is 0.498. The Hall–Kier alpha value is -1.75. The standard InChI is InChI=1S/C16H21F2N3/c1-10(8-13-15(17)6-5-7-16(13)18)19-9-14-11(2)20-21(4)12(14)3/h5-7,10,19H,8-9H2,1-4H3. The second-order valence-electron chi connectivity index (χ2n) is 5.46. The van der Waals surface area contributed by atoms with Gasteiger partial charge >= 0.3 is 0 Å². The Bertz CT molecular complexity index is 614. The van der Waals surface area contributed by atoms with Crippen LogP contribution in [-0.2, 0) is 20.0 Å². The molecule has 0 saturated carbocycles. The van der Waals surface area contributed by atoms with Gasteiger partial charge in [0.25, 0.3) is 0 Å². The first-order valence-corrected chi connectivity index (χ1v) is 7.05. The predicted octanol–water partition coefficient (Wildman–Crippen LogP) is 3.04. The van der Waals surface area contributed by atoms with Crippen LogP contribution in [0.5, 0.6) is 0 Å². The second-order valence-corrected chi connectivity index (χ2v) is 5.46. The Morgan fingerprint density at radius 3 is 2.33 bits per heavy atom. The van der Waals surface area contributed by atoms with Gasteiger partial charge in [0.05, 0.1) is 5.69 Å². The van der Waals surface area contributed by atoms with Crippen LogP contribution in [0.2, 0.25) is 0 Å². The molecule has 2 aromatic rings. The van der Waals surface area contributed by atoms with E-state index in [1.54, 1.807) is 0 Å². The van der Waals surface area contributed by atoms with Crippen molar-refractivity contribution in [3.8, 4) is 0 Å². The highest BCUT2D eigenvalue weighted by Crippen LogP contribution is 2.15. The fraction of sp³-hybridized carbons (Fsp3) is 0.438. The van der Waals surface area contributed by atoms with Gasteiger partial charge in [-0.15, -0.1) is 0 Å². The molecule has 0 aliphatic rings. The van der Waals surface area contributed by atoms with E-state index in [9.17, 15) is 8.78 Å². The van der Waals surface area contributed by atoms with Gasteiger partial charge in [0.15, 0.2) is 0 Å². The van der Waals surface area contributed by atoms with Crippen molar-refractivity contribution in [2.24, 2.45) is 7.05 Å². The number of benzene rings is 1. The van der Waals surface area contributed by atoms with Gasteiger partial charge in [0, 0.05) is 36.5 Å². The van der Waals surface area contributed by atoms with E-state index in [1.807, 2.05) is 32.5 Å². The Morgan fingerprint density at radius 2 is 1.81 bits per heavy atom. The van der Waals surface area contributed by atoms with Gasteiger partial charge in [-0.1, -0.05) is 6.07 Å². The van der Waals surface area contributed by atoms with Gasteiger partial charge in [0.2, 0.25) is 0 Å². The van der Waals surface area contributed by atoms with Crippen LogP contribution in [-0.4, -0.2) is 15.8 Å². The van der Waals surface area contributed by atoms with E-state index in [-0.39, 0.29) is 11.6 Å². The third kappa shape index (κ3) is 3.47. The lowest BCUT2D eigenvalue weighted by Gasteiger charge is -2.15. The Morgan fingerprint density at radius 1 is 1.19 bits per heavy atom. The number of hydrogen-bond donors (Lipinski definition) is 1. The van der Waals surface area contributed by atoms with Gasteiger partial charge in [-0.2, -0.15) is 5.10 Å². The summed E-state index contributed by atoms with van der Waals surface area (Å²) in [6.45, 7) is 6.54. The summed E-state index contributed by atoms with van der Waals surface area (Å²) < 4.78 is 29.1. The van der Waals surface area contributed by atoms with E-state index in [0.717, 1.165) is 17.0 Å². The normalized spacial score (nSPS) is 12.7. The smallest absolute Gasteiger partial charge is 0.129 e. The van der Waals surface area contributed by atoms with Crippen LogP contribution >= 0.6 is 0 Å². The minimum absolute atomic E-state index is 0.0320. The minimum Gasteiger partial charge on any atom is -0.310 e. The zero-order valence-electron chi connectivity index (χ0n) is 12.9. The summed E-state index contributed by atoms with van der Waals surface area (Å²) >= 11 is 0. The van der Waals surface area contributed by atoms with Gasteiger partial charge in [-0.05, 0) is 39.3 Å². The van der Waals surface area contributed by atoms with Gasteiger partial charge < -0.3 is 5.32 Å². The number of rotatable bonds is 5. The SMILES string of the molecule is Cc1nn(C)c(C)c1CNC(C)Cc1c(F)cccc1F. The van der Waals surface area contributed by atoms with E-state index < -0.39 is 11.6 Å². The van der Waals surface area contributed by atoms with Crippen molar-refractivity contribution in [1.29, 1.82) is 0 Å². The summed E-state index contributed by atoms with van der Waals surface area (Å²) in [7, 11) is 1.91. The molecule has 114 valence electrons. The molecule has 0 amide bonds. The molecule has 0 radical (unpaired) electrons. The molecule has 1 aromatic heterocycles. The highest BCUT2D eigenvalue weighted by atomic mass is 19.1. The third-order valence-electron chi connectivity index (χ3n) is 3.86. The molecule has 21 heavy (non-hydrogen) atoms. The van der Waals surface area contributed by atoms with Crippen molar-refractivity contribution >= 4 is 0 Å². The van der Waals surface area contributed by atoms with Crippen LogP contribution in [0.4, 0.5) is 8.78 Å². The molecule has 0 spiro atoms. The first-order chi connectivity index (χ1) is 9.90. The van der Waals surface area contributed by atoms with Crippen LogP contribution in [0, 0.1) is 25.5 Å². The Labute approximate surface area is 124 Å². The first kappa shape index (κ1) is 15.6. The largest absolute Gasteiger partial charge is 0.310 e. The van der Waals surface area contributed by atoms with Crippen LogP contribution in [0.25, 0.3) is 0 Å². The number of aryl methyl sites for hydroxylation is 2. The first-order valence-electron chi connectivity index (χ1n) is 7.05. The second kappa shape index (κ2) is 6.35. The van der Waals surface area contributed by atoms with Crippen LogP contribution in [0.3, 0.4) is 0 Å². The van der Waals surface area contributed by atoms with Gasteiger partial charge in [-0.3, -0.25) is 4.68 Å². The number of hydrogen-bond acceptors (Lipinski definition) is 2. The highest BCUT2D eigenvalue weighted by Gasteiger charge is 2.14. The molecule has 2 rings (SSSR count). The molecule has 1 heterocycles. The fourth-order valence-corrected chi connectivity index (χ4v) is 2.46. The molecule has 1 N–H and O–H groups in total. The van der Waals surface area contributed by atoms with Gasteiger partial charge in [0.1, 0.15) is 11.6 Å². The molecule has 3 nitrogen and oxygen atoms in total. The molecule has 1 aromatic carbocycles. The number of aromatic nitrogens is 2. The molecular weight excluding hydrogens is 272 g/mol. The Kier molecular flexibility index (Phi) is 4.73. The molecule has 0 aliphatic carbocycles. The summed E-state index contributed by atoms with van der Waals surface area (Å²) in [4.78, 5) is 0. The average molecular weight is 293 g/mol. The third-order valence-corrected chi connectivity index (χ3v) is 3.86. The minimum atomic E-state index is -0.489. The number of nitrogens with zero attached hydrogens (tertiary/aromatic N) is 2. The van der Waals surface area contributed by atoms with Crippen molar-refractivity contribution in [3.05, 3.63) is 52.3 Å². The van der Waals surface area contributed by atoms with Crippen LogP contribution in [0.1, 0.15) is 29.4 Å². The highest BCUT2D eigenvalue weighted by molar-refractivity contribution is 5.24. The molecule has 0 saturated heterocycles. The summed E-state index contributed by atoms with van der Waals surface area (Å²) in [5.74, 6) is -0.977. The topological polar surface area (TPSA) is 29.9 Å². The summed E-state index contributed by atoms with van der Waals surface area (Å²) in [6.07, 6.45) is 0.316. The van der Waals surface area contributed by atoms with E-state index in [0.29, 0.717) is 13.0 Å². The van der Waals surface area contributed by atoms with Crippen molar-refractivity contribution in [2.75, 3.05) is 0 Å². The zero-order chi connectivity index (χ0) is 15.6. The van der Waals surface area contributed by atoms with Crippen LogP contribution < -0.4 is 5.32 Å². The van der Waals surface area contributed by atoms with Crippen molar-refractivity contribution < 1.29 is 8.78 Å². The predicted molar refractivity (Wildman–Crippen MR) is 79.0 cm³/mol. The number of halogens is 2. The maximum Gasteiger partial charge on any atom is 0.129 e. The Balaban J connectivity index is 2.01. The zero-order valence-corrected chi connectivity index (χ0v) is 12.9.